The summed E-state index contributed by atoms with van der Waals surface area (Å²) in [6.45, 7) is 2.56. The summed E-state index contributed by atoms with van der Waals surface area (Å²) in [4.78, 5) is 12.5. The Kier molecular flexibility index (Phi) is 5.67. The minimum Gasteiger partial charge on any atom is -0.486 e. The number of benzene rings is 2. The number of sulfonamides is 1. The molecule has 1 amide bonds. The lowest BCUT2D eigenvalue weighted by Gasteiger charge is -2.22. The van der Waals surface area contributed by atoms with Crippen LogP contribution in [0.25, 0.3) is 0 Å². The monoisotopic (exact) mass is 390 g/mol. The molecule has 1 aliphatic heterocycles. The third-order valence-corrected chi connectivity index (χ3v) is 6.08. The Morgan fingerprint density at radius 2 is 1.78 bits per heavy atom. The highest BCUT2D eigenvalue weighted by Gasteiger charge is 2.23. The van der Waals surface area contributed by atoms with Crippen molar-refractivity contribution >= 4 is 15.9 Å². The molecular weight excluding hydrogens is 368 g/mol. The maximum absolute atomic E-state index is 12.5. The van der Waals surface area contributed by atoms with Gasteiger partial charge in [-0.15, -0.1) is 0 Å². The molecule has 1 aliphatic rings. The first-order valence-electron chi connectivity index (χ1n) is 8.58. The van der Waals surface area contributed by atoms with Crippen molar-refractivity contribution in [2.45, 2.75) is 17.9 Å². The Hall–Kier alpha value is -2.58. The zero-order valence-electron chi connectivity index (χ0n) is 15.2. The number of fused-ring (bicyclic) bond motifs is 1. The van der Waals surface area contributed by atoms with Gasteiger partial charge in [0.15, 0.2) is 11.5 Å². The van der Waals surface area contributed by atoms with Crippen LogP contribution < -0.4 is 14.8 Å². The third-order valence-electron chi connectivity index (χ3n) is 4.26. The summed E-state index contributed by atoms with van der Waals surface area (Å²) in [7, 11) is -2.33. The molecule has 1 heterocycles. The van der Waals surface area contributed by atoms with Gasteiger partial charge in [-0.25, -0.2) is 8.42 Å². The molecule has 27 heavy (non-hydrogen) atoms. The molecule has 3 rings (SSSR count). The number of hydrogen-bond acceptors (Lipinski definition) is 5. The molecule has 0 fully saturated rings. The smallest absolute Gasteiger partial charge is 0.243 e. The van der Waals surface area contributed by atoms with Crippen LogP contribution in [-0.2, 0) is 14.8 Å². The second-order valence-corrected chi connectivity index (χ2v) is 8.31. The fourth-order valence-corrected chi connectivity index (χ4v) is 3.91. The number of likely N-dealkylation sites (N-methyl/N-ethyl adjacent to an activating group) is 1. The van der Waals surface area contributed by atoms with Crippen molar-refractivity contribution in [2.24, 2.45) is 0 Å². The van der Waals surface area contributed by atoms with Crippen LogP contribution in [0.15, 0.2) is 53.4 Å². The molecule has 1 atom stereocenters. The van der Waals surface area contributed by atoms with Gasteiger partial charge in [0.2, 0.25) is 15.9 Å². The molecule has 2 aromatic rings. The van der Waals surface area contributed by atoms with Gasteiger partial charge in [-0.1, -0.05) is 24.3 Å². The summed E-state index contributed by atoms with van der Waals surface area (Å²) in [5, 5.41) is 2.82. The average Bonchev–Trinajstić information content (AvgIpc) is 2.68. The molecular formula is C19H22N2O5S. The largest absolute Gasteiger partial charge is 0.486 e. The summed E-state index contributed by atoms with van der Waals surface area (Å²) in [5.41, 5.74) is 0.848. The number of carbonyl (C=O) groups is 1. The summed E-state index contributed by atoms with van der Waals surface area (Å²) in [6, 6.07) is 13.2. The van der Waals surface area contributed by atoms with Crippen molar-refractivity contribution in [3.05, 3.63) is 54.1 Å². The van der Waals surface area contributed by atoms with Crippen molar-refractivity contribution < 1.29 is 22.7 Å². The minimum absolute atomic E-state index is 0.153. The van der Waals surface area contributed by atoms with Crippen LogP contribution in [0.1, 0.15) is 18.5 Å². The van der Waals surface area contributed by atoms with Crippen LogP contribution in [-0.4, -0.2) is 45.4 Å². The van der Waals surface area contributed by atoms with Gasteiger partial charge in [0.1, 0.15) is 13.2 Å². The Balaban J connectivity index is 1.63. The van der Waals surface area contributed by atoms with E-state index in [2.05, 4.69) is 5.32 Å². The van der Waals surface area contributed by atoms with Crippen molar-refractivity contribution in [1.82, 2.24) is 9.62 Å². The van der Waals surface area contributed by atoms with E-state index in [4.69, 9.17) is 9.47 Å². The second-order valence-electron chi connectivity index (χ2n) is 6.27. The lowest BCUT2D eigenvalue weighted by Crippen LogP contribution is -2.39. The Bertz CT molecular complexity index is 915. The summed E-state index contributed by atoms with van der Waals surface area (Å²) >= 11 is 0. The number of ether oxygens (including phenoxy) is 2. The third kappa shape index (κ3) is 4.40. The van der Waals surface area contributed by atoms with Gasteiger partial charge in [0.05, 0.1) is 17.5 Å². The van der Waals surface area contributed by atoms with E-state index in [0.717, 1.165) is 9.87 Å². The van der Waals surface area contributed by atoms with E-state index < -0.39 is 10.0 Å². The second kappa shape index (κ2) is 7.98. The van der Waals surface area contributed by atoms with Gasteiger partial charge in [-0.2, -0.15) is 4.31 Å². The summed E-state index contributed by atoms with van der Waals surface area (Å²) in [5.74, 6) is 0.931. The fourth-order valence-electron chi connectivity index (χ4n) is 2.76. The Labute approximate surface area is 158 Å². The zero-order valence-corrected chi connectivity index (χ0v) is 16.0. The van der Waals surface area contributed by atoms with Crippen molar-refractivity contribution in [1.29, 1.82) is 0 Å². The van der Waals surface area contributed by atoms with E-state index in [1.807, 2.05) is 19.1 Å². The molecule has 0 aromatic heterocycles. The first-order valence-corrected chi connectivity index (χ1v) is 10.0. The van der Waals surface area contributed by atoms with Crippen molar-refractivity contribution in [3.63, 3.8) is 0 Å². The number of nitrogens with one attached hydrogen (secondary N) is 1. The van der Waals surface area contributed by atoms with E-state index in [9.17, 15) is 13.2 Å². The van der Waals surface area contributed by atoms with Crippen LogP contribution in [0.3, 0.4) is 0 Å². The van der Waals surface area contributed by atoms with E-state index >= 15 is 0 Å². The van der Waals surface area contributed by atoms with Gasteiger partial charge < -0.3 is 14.8 Å². The van der Waals surface area contributed by atoms with E-state index in [0.29, 0.717) is 24.7 Å². The average molecular weight is 390 g/mol. The van der Waals surface area contributed by atoms with Gasteiger partial charge in [-0.05, 0) is 36.8 Å². The quantitative estimate of drug-likeness (QED) is 0.815. The number of rotatable bonds is 6. The zero-order chi connectivity index (χ0) is 19.4. The van der Waals surface area contributed by atoms with E-state index in [1.54, 1.807) is 24.3 Å². The molecule has 7 nitrogen and oxygen atoms in total. The lowest BCUT2D eigenvalue weighted by atomic mass is 10.1. The number of hydrogen-bond donors (Lipinski definition) is 1. The highest BCUT2D eigenvalue weighted by Crippen LogP contribution is 2.32. The molecule has 0 saturated heterocycles. The van der Waals surface area contributed by atoms with Crippen molar-refractivity contribution in [3.8, 4) is 11.5 Å². The van der Waals surface area contributed by atoms with Crippen LogP contribution in [0.4, 0.5) is 0 Å². The van der Waals surface area contributed by atoms with Gasteiger partial charge in [0.25, 0.3) is 0 Å². The first kappa shape index (κ1) is 19.2. The standard InChI is InChI=1S/C19H22N2O5S/c1-14(15-8-9-17-18(12-15)26-11-10-25-17)20-19(22)13-21(2)27(23,24)16-6-4-3-5-7-16/h3-9,12,14H,10-11,13H2,1-2H3,(H,20,22)/t14-/m0/s1. The maximum Gasteiger partial charge on any atom is 0.243 e. The molecule has 0 bridgehead atoms. The van der Waals surface area contributed by atoms with Crippen LogP contribution in [0.5, 0.6) is 11.5 Å². The maximum atomic E-state index is 12.5. The van der Waals surface area contributed by atoms with E-state index in [1.165, 1.54) is 19.2 Å². The highest BCUT2D eigenvalue weighted by molar-refractivity contribution is 7.89. The highest BCUT2D eigenvalue weighted by atomic mass is 32.2. The van der Waals surface area contributed by atoms with Crippen molar-refractivity contribution in [2.75, 3.05) is 26.8 Å². The fraction of sp³-hybridized carbons (Fsp3) is 0.316. The van der Waals surface area contributed by atoms with Crippen LogP contribution in [0.2, 0.25) is 0 Å². The Morgan fingerprint density at radius 1 is 1.11 bits per heavy atom. The lowest BCUT2D eigenvalue weighted by molar-refractivity contribution is -0.121. The molecule has 144 valence electrons. The molecule has 8 heteroatoms. The molecule has 0 aliphatic carbocycles. The number of carbonyl (C=O) groups excluding carboxylic acids is 1. The molecule has 0 radical (unpaired) electrons. The SMILES string of the molecule is C[C@H](NC(=O)CN(C)S(=O)(=O)c1ccccc1)c1ccc2c(c1)OCCO2. The predicted octanol–water partition coefficient (Wildman–Crippen LogP) is 1.96. The Morgan fingerprint density at radius 3 is 2.48 bits per heavy atom. The molecule has 0 saturated carbocycles. The molecule has 2 aromatic carbocycles. The van der Waals surface area contributed by atoms with Crippen LogP contribution >= 0.6 is 0 Å². The topological polar surface area (TPSA) is 84.9 Å². The van der Waals surface area contributed by atoms with Gasteiger partial charge in [-0.3, -0.25) is 4.79 Å². The van der Waals surface area contributed by atoms with Gasteiger partial charge in [0, 0.05) is 7.05 Å². The minimum atomic E-state index is -3.71. The summed E-state index contributed by atoms with van der Waals surface area (Å²) < 4.78 is 37.1. The first-order chi connectivity index (χ1) is 12.9. The molecule has 0 unspecified atom stereocenters. The van der Waals surface area contributed by atoms with E-state index in [-0.39, 0.29) is 23.4 Å². The molecule has 1 N–H and O–H groups in total. The number of nitrogens with zero attached hydrogens (tertiary/aromatic N) is 1. The van der Waals surface area contributed by atoms with Gasteiger partial charge >= 0.3 is 0 Å². The normalized spacial score (nSPS) is 14.6. The number of amides is 1. The van der Waals surface area contributed by atoms with Crippen LogP contribution in [0, 0.1) is 0 Å². The predicted molar refractivity (Wildman–Crippen MR) is 100 cm³/mol. The summed E-state index contributed by atoms with van der Waals surface area (Å²) in [6.07, 6.45) is 0. The molecule has 0 spiro atoms.